The lowest BCUT2D eigenvalue weighted by Crippen LogP contribution is -2.20. The molecule has 1 aromatic rings. The van der Waals surface area contributed by atoms with E-state index in [-0.39, 0.29) is 0 Å². The third-order valence-corrected chi connectivity index (χ3v) is 3.18. The second-order valence-electron chi connectivity index (χ2n) is 4.65. The Morgan fingerprint density at radius 1 is 0.952 bits per heavy atom. The Morgan fingerprint density at radius 2 is 1.62 bits per heavy atom. The van der Waals surface area contributed by atoms with Crippen LogP contribution in [-0.2, 0) is 11.3 Å². The molecule has 1 N–H and O–H groups in total. The fourth-order valence-corrected chi connectivity index (χ4v) is 1.96. The summed E-state index contributed by atoms with van der Waals surface area (Å²) in [5, 5.41) is 3.34. The highest BCUT2D eigenvalue weighted by Crippen LogP contribution is 2.33. The van der Waals surface area contributed by atoms with Gasteiger partial charge in [0.1, 0.15) is 17.2 Å². The Bertz CT molecular complexity index is 384. The first-order valence-electron chi connectivity index (χ1n) is 7.34. The first-order valence-corrected chi connectivity index (χ1v) is 7.34. The molecule has 0 aliphatic heterocycles. The summed E-state index contributed by atoms with van der Waals surface area (Å²) < 4.78 is 21.6. The van der Waals surface area contributed by atoms with Crippen LogP contribution in [-0.4, -0.2) is 41.1 Å². The SMILES string of the molecule is CCCCOCCNCc1c(OC)cc(OC)cc1OC. The van der Waals surface area contributed by atoms with Gasteiger partial charge in [0.25, 0.3) is 0 Å². The predicted molar refractivity (Wildman–Crippen MR) is 83.5 cm³/mol. The average Bonchev–Trinajstić information content (AvgIpc) is 2.53. The summed E-state index contributed by atoms with van der Waals surface area (Å²) in [6.07, 6.45) is 2.27. The third kappa shape index (κ3) is 5.81. The summed E-state index contributed by atoms with van der Waals surface area (Å²) in [6.45, 7) is 5.15. The number of hydrogen-bond donors (Lipinski definition) is 1. The summed E-state index contributed by atoms with van der Waals surface area (Å²) in [5.41, 5.74) is 0.981. The van der Waals surface area contributed by atoms with E-state index in [1.54, 1.807) is 21.3 Å². The second kappa shape index (κ2) is 10.3. The van der Waals surface area contributed by atoms with Gasteiger partial charge in [-0.3, -0.25) is 0 Å². The van der Waals surface area contributed by atoms with Gasteiger partial charge in [0.05, 0.1) is 33.5 Å². The van der Waals surface area contributed by atoms with E-state index in [9.17, 15) is 0 Å². The van der Waals surface area contributed by atoms with Crippen LogP contribution >= 0.6 is 0 Å². The topological polar surface area (TPSA) is 49.0 Å². The molecule has 0 spiro atoms. The van der Waals surface area contributed by atoms with Gasteiger partial charge in [-0.1, -0.05) is 13.3 Å². The first-order chi connectivity index (χ1) is 10.3. The van der Waals surface area contributed by atoms with Crippen LogP contribution in [0, 0.1) is 0 Å². The lowest BCUT2D eigenvalue weighted by atomic mass is 10.1. The monoisotopic (exact) mass is 297 g/mol. The molecule has 0 fully saturated rings. The maximum atomic E-state index is 5.52. The summed E-state index contributed by atoms with van der Waals surface area (Å²) in [5.74, 6) is 2.23. The number of benzene rings is 1. The van der Waals surface area contributed by atoms with Crippen molar-refractivity contribution < 1.29 is 18.9 Å². The normalized spacial score (nSPS) is 10.5. The van der Waals surface area contributed by atoms with E-state index in [1.165, 1.54) is 0 Å². The van der Waals surface area contributed by atoms with Crippen molar-refractivity contribution in [3.63, 3.8) is 0 Å². The van der Waals surface area contributed by atoms with Crippen LogP contribution in [0.15, 0.2) is 12.1 Å². The number of ether oxygens (including phenoxy) is 4. The molecule has 0 aliphatic rings. The molecule has 0 bridgehead atoms. The molecule has 5 nitrogen and oxygen atoms in total. The zero-order valence-electron chi connectivity index (χ0n) is 13.5. The lowest BCUT2D eigenvalue weighted by molar-refractivity contribution is 0.132. The molecule has 1 rings (SSSR count). The van der Waals surface area contributed by atoms with Crippen LogP contribution in [0.25, 0.3) is 0 Å². The van der Waals surface area contributed by atoms with Crippen molar-refractivity contribution >= 4 is 0 Å². The smallest absolute Gasteiger partial charge is 0.130 e. The van der Waals surface area contributed by atoms with E-state index in [0.29, 0.717) is 13.2 Å². The van der Waals surface area contributed by atoms with E-state index in [0.717, 1.165) is 48.8 Å². The quantitative estimate of drug-likeness (QED) is 0.636. The molecule has 0 saturated heterocycles. The van der Waals surface area contributed by atoms with E-state index in [2.05, 4.69) is 12.2 Å². The molecule has 21 heavy (non-hydrogen) atoms. The van der Waals surface area contributed by atoms with Crippen molar-refractivity contribution in [1.29, 1.82) is 0 Å². The molecule has 0 atom stereocenters. The van der Waals surface area contributed by atoms with E-state index < -0.39 is 0 Å². The van der Waals surface area contributed by atoms with Crippen LogP contribution in [0.2, 0.25) is 0 Å². The summed E-state index contributed by atoms with van der Waals surface area (Å²) >= 11 is 0. The minimum absolute atomic E-state index is 0.660. The highest BCUT2D eigenvalue weighted by atomic mass is 16.5. The largest absolute Gasteiger partial charge is 0.496 e. The van der Waals surface area contributed by atoms with E-state index >= 15 is 0 Å². The zero-order valence-corrected chi connectivity index (χ0v) is 13.5. The van der Waals surface area contributed by atoms with Gasteiger partial charge in [-0.25, -0.2) is 0 Å². The zero-order chi connectivity index (χ0) is 15.5. The van der Waals surface area contributed by atoms with Crippen molar-refractivity contribution in [3.8, 4) is 17.2 Å². The molecular weight excluding hydrogens is 270 g/mol. The van der Waals surface area contributed by atoms with Crippen LogP contribution < -0.4 is 19.5 Å². The van der Waals surface area contributed by atoms with Gasteiger partial charge in [0.2, 0.25) is 0 Å². The number of methoxy groups -OCH3 is 3. The van der Waals surface area contributed by atoms with Gasteiger partial charge in [0, 0.05) is 31.8 Å². The van der Waals surface area contributed by atoms with Crippen molar-refractivity contribution in [3.05, 3.63) is 17.7 Å². The molecule has 0 radical (unpaired) electrons. The predicted octanol–water partition coefficient (Wildman–Crippen LogP) is 2.62. The number of hydrogen-bond acceptors (Lipinski definition) is 5. The van der Waals surface area contributed by atoms with Crippen molar-refractivity contribution in [2.45, 2.75) is 26.3 Å². The molecule has 5 heteroatoms. The second-order valence-corrected chi connectivity index (χ2v) is 4.65. The number of unbranched alkanes of at least 4 members (excludes halogenated alkanes) is 1. The van der Waals surface area contributed by atoms with Crippen LogP contribution in [0.4, 0.5) is 0 Å². The number of nitrogens with one attached hydrogen (secondary N) is 1. The molecule has 0 saturated carbocycles. The molecule has 1 aromatic carbocycles. The lowest BCUT2D eigenvalue weighted by Gasteiger charge is -2.15. The van der Waals surface area contributed by atoms with Crippen molar-refractivity contribution in [2.75, 3.05) is 41.1 Å². The fraction of sp³-hybridized carbons (Fsp3) is 0.625. The average molecular weight is 297 g/mol. The number of rotatable bonds is 11. The Balaban J connectivity index is 2.53. The Labute approximate surface area is 127 Å². The van der Waals surface area contributed by atoms with Gasteiger partial charge in [-0.15, -0.1) is 0 Å². The minimum Gasteiger partial charge on any atom is -0.496 e. The van der Waals surface area contributed by atoms with E-state index in [4.69, 9.17) is 18.9 Å². The Morgan fingerprint density at radius 3 is 2.14 bits per heavy atom. The molecule has 0 amide bonds. The van der Waals surface area contributed by atoms with Gasteiger partial charge in [-0.05, 0) is 6.42 Å². The van der Waals surface area contributed by atoms with Crippen LogP contribution in [0.5, 0.6) is 17.2 Å². The van der Waals surface area contributed by atoms with Gasteiger partial charge >= 0.3 is 0 Å². The van der Waals surface area contributed by atoms with Crippen LogP contribution in [0.1, 0.15) is 25.3 Å². The van der Waals surface area contributed by atoms with Gasteiger partial charge in [0.15, 0.2) is 0 Å². The van der Waals surface area contributed by atoms with Crippen LogP contribution in [0.3, 0.4) is 0 Å². The summed E-state index contributed by atoms with van der Waals surface area (Å²) in [7, 11) is 4.91. The Hall–Kier alpha value is -1.46. The summed E-state index contributed by atoms with van der Waals surface area (Å²) in [6, 6.07) is 3.72. The maximum Gasteiger partial charge on any atom is 0.130 e. The molecule has 0 aromatic heterocycles. The third-order valence-electron chi connectivity index (χ3n) is 3.18. The standard InChI is InChI=1S/C16H27NO4/c1-5-6-8-21-9-7-17-12-14-15(19-3)10-13(18-2)11-16(14)20-4/h10-11,17H,5-9,12H2,1-4H3. The molecule has 0 aliphatic carbocycles. The molecule has 0 heterocycles. The minimum atomic E-state index is 0.660. The van der Waals surface area contributed by atoms with Gasteiger partial charge in [-0.2, -0.15) is 0 Å². The fourth-order valence-electron chi connectivity index (χ4n) is 1.96. The molecular formula is C16H27NO4. The van der Waals surface area contributed by atoms with Gasteiger partial charge < -0.3 is 24.3 Å². The first kappa shape index (κ1) is 17.6. The van der Waals surface area contributed by atoms with Crippen molar-refractivity contribution in [1.82, 2.24) is 5.32 Å². The molecule has 0 unspecified atom stereocenters. The van der Waals surface area contributed by atoms with E-state index in [1.807, 2.05) is 12.1 Å². The maximum absolute atomic E-state index is 5.52. The molecule has 120 valence electrons. The van der Waals surface area contributed by atoms with Crippen molar-refractivity contribution in [2.24, 2.45) is 0 Å². The Kier molecular flexibility index (Phi) is 8.62. The highest BCUT2D eigenvalue weighted by molar-refractivity contribution is 5.50. The summed E-state index contributed by atoms with van der Waals surface area (Å²) in [4.78, 5) is 0. The highest BCUT2D eigenvalue weighted by Gasteiger charge is 2.12.